The molecule has 0 saturated carbocycles. The minimum absolute atomic E-state index is 0.166. The standard InChI is InChI=1S/C19H16N4O4/c1-11-4-5-14-15(6-11)22-19(21-14)13(10-20)7-12-8-17(26-2)18(27-3)9-16(12)23(24)25/h4-9H,1-3H3,(H,21,22)/b13-7-. The third-order valence-corrected chi connectivity index (χ3v) is 4.04. The number of aromatic nitrogens is 2. The van der Waals surface area contributed by atoms with E-state index >= 15 is 0 Å². The Kier molecular flexibility index (Phi) is 4.77. The molecule has 0 aliphatic rings. The van der Waals surface area contributed by atoms with Gasteiger partial charge >= 0.3 is 0 Å². The fourth-order valence-electron chi connectivity index (χ4n) is 2.72. The van der Waals surface area contributed by atoms with Crippen LogP contribution in [0.4, 0.5) is 5.69 Å². The minimum Gasteiger partial charge on any atom is -0.493 e. The quantitative estimate of drug-likeness (QED) is 0.418. The number of aryl methyl sites for hydroxylation is 1. The van der Waals surface area contributed by atoms with Gasteiger partial charge in [0.15, 0.2) is 11.5 Å². The summed E-state index contributed by atoms with van der Waals surface area (Å²) in [6, 6.07) is 10.5. The van der Waals surface area contributed by atoms with Crippen molar-refractivity contribution in [3.8, 4) is 17.6 Å². The molecule has 8 nitrogen and oxygen atoms in total. The van der Waals surface area contributed by atoms with Crippen LogP contribution in [0.15, 0.2) is 30.3 Å². The smallest absolute Gasteiger partial charge is 0.280 e. The molecule has 0 aliphatic heterocycles. The fraction of sp³-hybridized carbons (Fsp3) is 0.158. The Balaban J connectivity index is 2.17. The molecular formula is C19H16N4O4. The number of hydrogen-bond acceptors (Lipinski definition) is 6. The molecule has 1 heterocycles. The van der Waals surface area contributed by atoms with Gasteiger partial charge in [0.2, 0.25) is 0 Å². The molecule has 0 amide bonds. The van der Waals surface area contributed by atoms with Crippen LogP contribution in [-0.2, 0) is 0 Å². The van der Waals surface area contributed by atoms with Crippen molar-refractivity contribution in [1.29, 1.82) is 5.26 Å². The second-order valence-corrected chi connectivity index (χ2v) is 5.80. The highest BCUT2D eigenvalue weighted by molar-refractivity contribution is 5.92. The second-order valence-electron chi connectivity index (χ2n) is 5.80. The van der Waals surface area contributed by atoms with Crippen molar-refractivity contribution in [2.24, 2.45) is 0 Å². The van der Waals surface area contributed by atoms with E-state index in [2.05, 4.69) is 9.97 Å². The number of nitriles is 1. The van der Waals surface area contributed by atoms with Gasteiger partial charge in [-0.1, -0.05) is 6.07 Å². The Labute approximate surface area is 154 Å². The van der Waals surface area contributed by atoms with E-state index in [4.69, 9.17) is 9.47 Å². The lowest BCUT2D eigenvalue weighted by atomic mass is 10.1. The second kappa shape index (κ2) is 7.17. The summed E-state index contributed by atoms with van der Waals surface area (Å²) < 4.78 is 10.3. The summed E-state index contributed by atoms with van der Waals surface area (Å²) in [5, 5.41) is 21.0. The SMILES string of the molecule is COc1cc(/C=C(/C#N)c2nc3ccc(C)cc3[nH]2)c([N+](=O)[O-])cc1OC. The first kappa shape index (κ1) is 17.9. The molecule has 1 N–H and O–H groups in total. The van der Waals surface area contributed by atoms with Crippen molar-refractivity contribution in [2.45, 2.75) is 6.92 Å². The van der Waals surface area contributed by atoms with Gasteiger partial charge in [-0.2, -0.15) is 5.26 Å². The maximum Gasteiger partial charge on any atom is 0.280 e. The first-order valence-electron chi connectivity index (χ1n) is 7.95. The normalized spacial score (nSPS) is 11.3. The Morgan fingerprint density at radius 3 is 2.59 bits per heavy atom. The average molecular weight is 364 g/mol. The van der Waals surface area contributed by atoms with Gasteiger partial charge in [-0.15, -0.1) is 0 Å². The zero-order valence-corrected chi connectivity index (χ0v) is 14.9. The molecule has 3 rings (SSSR count). The molecule has 27 heavy (non-hydrogen) atoms. The van der Waals surface area contributed by atoms with Crippen LogP contribution in [0, 0.1) is 28.4 Å². The molecule has 3 aromatic rings. The average Bonchev–Trinajstić information content (AvgIpc) is 3.07. The maximum absolute atomic E-state index is 11.4. The Bertz CT molecular complexity index is 1110. The number of ether oxygens (including phenoxy) is 2. The van der Waals surface area contributed by atoms with Gasteiger partial charge in [-0.05, 0) is 36.8 Å². The Hall–Kier alpha value is -3.86. The van der Waals surface area contributed by atoms with Crippen LogP contribution in [0.1, 0.15) is 17.0 Å². The highest BCUT2D eigenvalue weighted by atomic mass is 16.6. The number of methoxy groups -OCH3 is 2. The van der Waals surface area contributed by atoms with Crippen LogP contribution in [0.25, 0.3) is 22.7 Å². The third-order valence-electron chi connectivity index (χ3n) is 4.04. The molecule has 2 aromatic carbocycles. The van der Waals surface area contributed by atoms with E-state index in [1.54, 1.807) is 0 Å². The summed E-state index contributed by atoms with van der Waals surface area (Å²) in [7, 11) is 2.83. The van der Waals surface area contributed by atoms with E-state index in [1.807, 2.05) is 31.2 Å². The molecular weight excluding hydrogens is 348 g/mol. The van der Waals surface area contributed by atoms with Crippen LogP contribution in [-0.4, -0.2) is 29.1 Å². The van der Waals surface area contributed by atoms with Crippen LogP contribution >= 0.6 is 0 Å². The van der Waals surface area contributed by atoms with Crippen LogP contribution in [0.5, 0.6) is 11.5 Å². The van der Waals surface area contributed by atoms with E-state index in [1.165, 1.54) is 32.4 Å². The van der Waals surface area contributed by atoms with Crippen LogP contribution < -0.4 is 9.47 Å². The zero-order valence-electron chi connectivity index (χ0n) is 14.9. The predicted octanol–water partition coefficient (Wildman–Crippen LogP) is 3.86. The summed E-state index contributed by atoms with van der Waals surface area (Å²) in [6.45, 7) is 1.95. The van der Waals surface area contributed by atoms with Gasteiger partial charge in [-0.25, -0.2) is 4.98 Å². The molecule has 0 unspecified atom stereocenters. The van der Waals surface area contributed by atoms with E-state index in [-0.39, 0.29) is 22.6 Å². The van der Waals surface area contributed by atoms with Crippen molar-refractivity contribution >= 4 is 28.4 Å². The molecule has 0 aliphatic carbocycles. The number of rotatable bonds is 5. The zero-order chi connectivity index (χ0) is 19.6. The monoisotopic (exact) mass is 364 g/mol. The number of aromatic amines is 1. The van der Waals surface area contributed by atoms with Crippen molar-refractivity contribution in [3.05, 3.63) is 57.4 Å². The lowest BCUT2D eigenvalue weighted by molar-refractivity contribution is -0.385. The predicted molar refractivity (Wildman–Crippen MR) is 101 cm³/mol. The van der Waals surface area contributed by atoms with Gasteiger partial charge in [0.1, 0.15) is 11.9 Å². The number of H-pyrrole nitrogens is 1. The molecule has 0 fully saturated rings. The van der Waals surface area contributed by atoms with Gasteiger partial charge in [0.05, 0.1) is 47.4 Å². The van der Waals surface area contributed by atoms with Crippen molar-refractivity contribution in [3.63, 3.8) is 0 Å². The van der Waals surface area contributed by atoms with E-state index in [9.17, 15) is 15.4 Å². The van der Waals surface area contributed by atoms with E-state index in [0.29, 0.717) is 17.1 Å². The minimum atomic E-state index is -0.537. The van der Waals surface area contributed by atoms with Gasteiger partial charge < -0.3 is 14.5 Å². The largest absolute Gasteiger partial charge is 0.493 e. The Morgan fingerprint density at radius 1 is 1.26 bits per heavy atom. The van der Waals surface area contributed by atoms with Gasteiger partial charge in [0.25, 0.3) is 5.69 Å². The van der Waals surface area contributed by atoms with E-state index < -0.39 is 4.92 Å². The Morgan fingerprint density at radius 2 is 1.96 bits per heavy atom. The number of nitrogens with zero attached hydrogens (tertiary/aromatic N) is 3. The summed E-state index contributed by atoms with van der Waals surface area (Å²) in [4.78, 5) is 18.4. The molecule has 1 aromatic heterocycles. The number of hydrogen-bond donors (Lipinski definition) is 1. The first-order chi connectivity index (χ1) is 13.0. The van der Waals surface area contributed by atoms with Crippen molar-refractivity contribution in [2.75, 3.05) is 14.2 Å². The lowest BCUT2D eigenvalue weighted by Crippen LogP contribution is -1.97. The van der Waals surface area contributed by atoms with E-state index in [0.717, 1.165) is 11.1 Å². The van der Waals surface area contributed by atoms with Gasteiger partial charge in [0, 0.05) is 0 Å². The van der Waals surface area contributed by atoms with Crippen LogP contribution in [0.3, 0.4) is 0 Å². The lowest BCUT2D eigenvalue weighted by Gasteiger charge is -2.09. The fourth-order valence-corrected chi connectivity index (χ4v) is 2.72. The number of fused-ring (bicyclic) bond motifs is 1. The molecule has 8 heteroatoms. The molecule has 136 valence electrons. The number of allylic oxidation sites excluding steroid dienone is 1. The first-order valence-corrected chi connectivity index (χ1v) is 7.95. The maximum atomic E-state index is 11.4. The topological polar surface area (TPSA) is 114 Å². The summed E-state index contributed by atoms with van der Waals surface area (Å²) in [5.74, 6) is 0.896. The van der Waals surface area contributed by atoms with Gasteiger partial charge in [-0.3, -0.25) is 10.1 Å². The number of benzene rings is 2. The highest BCUT2D eigenvalue weighted by Crippen LogP contribution is 2.36. The molecule has 0 radical (unpaired) electrons. The number of nitro benzene ring substituents is 1. The molecule has 0 atom stereocenters. The summed E-state index contributed by atoms with van der Waals surface area (Å²) in [6.07, 6.45) is 1.41. The number of nitro groups is 1. The highest BCUT2D eigenvalue weighted by Gasteiger charge is 2.19. The summed E-state index contributed by atoms with van der Waals surface area (Å²) >= 11 is 0. The number of imidazole rings is 1. The third kappa shape index (κ3) is 3.43. The number of nitrogens with one attached hydrogen (secondary N) is 1. The summed E-state index contributed by atoms with van der Waals surface area (Å²) in [5.41, 5.74) is 2.72. The molecule has 0 bridgehead atoms. The molecule has 0 spiro atoms. The van der Waals surface area contributed by atoms with Crippen LogP contribution in [0.2, 0.25) is 0 Å². The molecule has 0 saturated heterocycles. The van der Waals surface area contributed by atoms with Crippen molar-refractivity contribution < 1.29 is 14.4 Å². The van der Waals surface area contributed by atoms with Crippen molar-refractivity contribution in [1.82, 2.24) is 9.97 Å².